The van der Waals surface area contributed by atoms with Crippen LogP contribution in [0.5, 0.6) is 5.75 Å². The van der Waals surface area contributed by atoms with Crippen LogP contribution in [-0.2, 0) is 24.2 Å². The number of hydrogen-bond acceptors (Lipinski definition) is 5. The number of amides is 1. The van der Waals surface area contributed by atoms with Crippen LogP contribution in [0.25, 0.3) is 11.3 Å². The quantitative estimate of drug-likeness (QED) is 0.568. The number of benzene rings is 2. The third-order valence-corrected chi connectivity index (χ3v) is 6.20. The second-order valence-corrected chi connectivity index (χ2v) is 8.41. The lowest BCUT2D eigenvalue weighted by molar-refractivity contribution is -0.133. The second-order valence-electron chi connectivity index (χ2n) is 8.41. The van der Waals surface area contributed by atoms with E-state index in [-0.39, 0.29) is 30.1 Å². The van der Waals surface area contributed by atoms with Gasteiger partial charge in [-0.3, -0.25) is 9.69 Å². The van der Waals surface area contributed by atoms with Crippen LogP contribution in [0, 0.1) is 11.6 Å². The van der Waals surface area contributed by atoms with E-state index in [1.807, 2.05) is 11.0 Å². The lowest BCUT2D eigenvalue weighted by Crippen LogP contribution is -2.48. The summed E-state index contributed by atoms with van der Waals surface area (Å²) in [6.07, 6.45) is 2.79. The van der Waals surface area contributed by atoms with Gasteiger partial charge < -0.3 is 14.1 Å². The number of nitrogens with zero attached hydrogens (tertiary/aromatic N) is 3. The van der Waals surface area contributed by atoms with Gasteiger partial charge in [0.05, 0.1) is 18.4 Å². The van der Waals surface area contributed by atoms with Gasteiger partial charge in [0, 0.05) is 52.0 Å². The molecule has 0 atom stereocenters. The van der Waals surface area contributed by atoms with Crippen molar-refractivity contribution in [2.24, 2.45) is 0 Å². The Kier molecular flexibility index (Phi) is 6.09. The maximum absolute atomic E-state index is 13.9. The van der Waals surface area contributed by atoms with Gasteiger partial charge in [0.1, 0.15) is 17.4 Å². The minimum Gasteiger partial charge on any atom is -0.493 e. The maximum atomic E-state index is 13.9. The molecule has 1 amide bonds. The van der Waals surface area contributed by atoms with Crippen LogP contribution in [0.2, 0.25) is 0 Å². The highest BCUT2D eigenvalue weighted by Crippen LogP contribution is 2.28. The Morgan fingerprint density at radius 1 is 1.06 bits per heavy atom. The van der Waals surface area contributed by atoms with Crippen molar-refractivity contribution in [3.05, 3.63) is 71.2 Å². The molecule has 1 fully saturated rings. The van der Waals surface area contributed by atoms with Gasteiger partial charge in [-0.05, 0) is 29.3 Å². The van der Waals surface area contributed by atoms with Crippen LogP contribution < -0.4 is 4.74 Å². The molecule has 5 rings (SSSR count). The predicted molar refractivity (Wildman–Crippen MR) is 118 cm³/mol. The average Bonchev–Trinajstić information content (AvgIpc) is 3.47. The molecule has 2 aromatic carbocycles. The Morgan fingerprint density at radius 3 is 2.64 bits per heavy atom. The smallest absolute Gasteiger partial charge is 0.223 e. The molecule has 6 nitrogen and oxygen atoms in total. The average molecular weight is 453 g/mol. The second kappa shape index (κ2) is 9.31. The van der Waals surface area contributed by atoms with Gasteiger partial charge in [-0.25, -0.2) is 13.8 Å². The maximum Gasteiger partial charge on any atom is 0.223 e. The first-order valence-corrected chi connectivity index (χ1v) is 11.2. The van der Waals surface area contributed by atoms with Crippen molar-refractivity contribution < 1.29 is 22.7 Å². The van der Waals surface area contributed by atoms with E-state index in [1.54, 1.807) is 0 Å². The number of rotatable bonds is 6. The van der Waals surface area contributed by atoms with Crippen molar-refractivity contribution in [1.82, 2.24) is 14.8 Å². The molecule has 33 heavy (non-hydrogen) atoms. The van der Waals surface area contributed by atoms with E-state index in [0.717, 1.165) is 38.4 Å². The van der Waals surface area contributed by atoms with Crippen LogP contribution in [0.3, 0.4) is 0 Å². The van der Waals surface area contributed by atoms with E-state index >= 15 is 0 Å². The van der Waals surface area contributed by atoms with Crippen molar-refractivity contribution in [3.63, 3.8) is 0 Å². The lowest BCUT2D eigenvalue weighted by Gasteiger charge is -2.34. The number of hydrogen-bond donors (Lipinski definition) is 0. The van der Waals surface area contributed by atoms with Gasteiger partial charge >= 0.3 is 0 Å². The highest BCUT2D eigenvalue weighted by Gasteiger charge is 2.23. The molecule has 0 bridgehead atoms. The van der Waals surface area contributed by atoms with Gasteiger partial charge in [-0.2, -0.15) is 0 Å². The Balaban J connectivity index is 1.11. The van der Waals surface area contributed by atoms with E-state index in [4.69, 9.17) is 9.15 Å². The summed E-state index contributed by atoms with van der Waals surface area (Å²) in [5, 5.41) is 0. The molecule has 0 N–H and O–H groups in total. The van der Waals surface area contributed by atoms with E-state index < -0.39 is 11.6 Å². The van der Waals surface area contributed by atoms with Crippen molar-refractivity contribution in [1.29, 1.82) is 0 Å². The number of fused-ring (bicyclic) bond motifs is 1. The third-order valence-electron chi connectivity index (χ3n) is 6.20. The number of aryl methyl sites for hydroxylation is 1. The first-order valence-electron chi connectivity index (χ1n) is 11.2. The zero-order valence-corrected chi connectivity index (χ0v) is 18.2. The molecule has 0 unspecified atom stereocenters. The molecule has 3 aromatic rings. The van der Waals surface area contributed by atoms with E-state index in [1.165, 1.54) is 35.5 Å². The molecule has 8 heteroatoms. The first-order chi connectivity index (χ1) is 16.1. The topological polar surface area (TPSA) is 58.8 Å². The number of oxazole rings is 1. The molecule has 1 aromatic heterocycles. The van der Waals surface area contributed by atoms with Crippen LogP contribution >= 0.6 is 0 Å². The molecule has 0 aliphatic carbocycles. The van der Waals surface area contributed by atoms with E-state index in [9.17, 15) is 13.6 Å². The zero-order chi connectivity index (χ0) is 22.8. The molecule has 172 valence electrons. The molecule has 1 saturated heterocycles. The summed E-state index contributed by atoms with van der Waals surface area (Å²) in [4.78, 5) is 20.9. The number of carbonyl (C=O) groups excluding carboxylic acids is 1. The van der Waals surface area contributed by atoms with Crippen LogP contribution in [0.1, 0.15) is 23.4 Å². The number of carbonyl (C=O) groups is 1. The first kappa shape index (κ1) is 21.6. The summed E-state index contributed by atoms with van der Waals surface area (Å²) in [5.41, 5.74) is 2.30. The highest BCUT2D eigenvalue weighted by molar-refractivity contribution is 5.76. The molecular formula is C25H25F2N3O3. The fraction of sp³-hybridized carbons (Fsp3) is 0.360. The number of aromatic nitrogens is 1. The minimum atomic E-state index is -0.708. The monoisotopic (exact) mass is 453 g/mol. The minimum absolute atomic E-state index is 0.0276. The molecule has 3 heterocycles. The summed E-state index contributed by atoms with van der Waals surface area (Å²) >= 11 is 0. The Hall–Kier alpha value is -3.26. The molecule has 2 aliphatic heterocycles. The van der Waals surface area contributed by atoms with Crippen molar-refractivity contribution in [2.45, 2.75) is 25.8 Å². The zero-order valence-electron chi connectivity index (χ0n) is 18.2. The molecular weight excluding hydrogens is 428 g/mol. The Morgan fingerprint density at radius 2 is 1.85 bits per heavy atom. The Bertz CT molecular complexity index is 1140. The molecule has 0 spiro atoms. The van der Waals surface area contributed by atoms with E-state index in [0.29, 0.717) is 19.0 Å². The van der Waals surface area contributed by atoms with Gasteiger partial charge in [0.15, 0.2) is 11.7 Å². The summed E-state index contributed by atoms with van der Waals surface area (Å²) in [6.45, 7) is 4.59. The molecule has 0 saturated carbocycles. The summed E-state index contributed by atoms with van der Waals surface area (Å²) in [5.74, 6) is -0.0766. The fourth-order valence-corrected chi connectivity index (χ4v) is 4.40. The molecule has 2 aliphatic rings. The van der Waals surface area contributed by atoms with Gasteiger partial charge in [-0.1, -0.05) is 18.2 Å². The predicted octanol–water partition coefficient (Wildman–Crippen LogP) is 3.83. The van der Waals surface area contributed by atoms with Crippen LogP contribution in [0.4, 0.5) is 8.78 Å². The van der Waals surface area contributed by atoms with Crippen molar-refractivity contribution in [2.75, 3.05) is 32.8 Å². The lowest BCUT2D eigenvalue weighted by atomic mass is 10.1. The van der Waals surface area contributed by atoms with Gasteiger partial charge in [0.25, 0.3) is 0 Å². The van der Waals surface area contributed by atoms with Crippen molar-refractivity contribution in [3.8, 4) is 17.1 Å². The van der Waals surface area contributed by atoms with Crippen LogP contribution in [0.15, 0.2) is 47.0 Å². The SMILES string of the molecule is O=C(CCc1ncc(-c2c(F)cccc2F)o1)N1CCN(Cc2ccc3c(c2)CCO3)CC1. The highest BCUT2D eigenvalue weighted by atomic mass is 19.1. The van der Waals surface area contributed by atoms with E-state index in [2.05, 4.69) is 22.0 Å². The summed E-state index contributed by atoms with van der Waals surface area (Å²) < 4.78 is 38.9. The fourth-order valence-electron chi connectivity index (χ4n) is 4.40. The van der Waals surface area contributed by atoms with Crippen molar-refractivity contribution >= 4 is 5.91 Å². The number of halogens is 2. The van der Waals surface area contributed by atoms with Gasteiger partial charge in [0.2, 0.25) is 5.91 Å². The standard InChI is InChI=1S/C25H25F2N3O3/c26-19-2-1-3-20(27)25(19)22-15-28-23(33-22)6-7-24(31)30-11-9-29(10-12-30)16-17-4-5-21-18(14-17)8-13-32-21/h1-5,14-15H,6-13,16H2. The number of piperazine rings is 1. The molecule has 0 radical (unpaired) electrons. The summed E-state index contributed by atoms with van der Waals surface area (Å²) in [7, 11) is 0. The summed E-state index contributed by atoms with van der Waals surface area (Å²) in [6, 6.07) is 10.0. The number of ether oxygens (including phenoxy) is 1. The third kappa shape index (κ3) is 4.75. The normalized spacial score (nSPS) is 16.0. The van der Waals surface area contributed by atoms with Gasteiger partial charge in [-0.15, -0.1) is 0 Å². The largest absolute Gasteiger partial charge is 0.493 e. The Labute approximate surface area is 190 Å². The van der Waals surface area contributed by atoms with Crippen LogP contribution in [-0.4, -0.2) is 53.5 Å².